The fourth-order valence-corrected chi connectivity index (χ4v) is 3.19. The number of hydrogen-bond acceptors (Lipinski definition) is 2. The summed E-state index contributed by atoms with van der Waals surface area (Å²) < 4.78 is 3.10. The summed E-state index contributed by atoms with van der Waals surface area (Å²) in [6, 6.07) is 7.89. The normalized spacial score (nSPS) is 10.9. The van der Waals surface area contributed by atoms with Crippen molar-refractivity contribution in [1.29, 1.82) is 0 Å². The Hall–Kier alpha value is -1.59. The molecule has 0 saturated heterocycles. The molecule has 0 radical (unpaired) electrons. The molecule has 0 spiro atoms. The number of carbonyl (C=O) groups excluding carboxylic acids is 1. The third-order valence-corrected chi connectivity index (χ3v) is 4.41. The summed E-state index contributed by atoms with van der Waals surface area (Å²) in [4.78, 5) is 12.0. The average molecular weight is 365 g/mol. The molecule has 1 heterocycles. The molecule has 2 rings (SSSR count). The smallest absolute Gasteiger partial charge is 0.251 e. The highest BCUT2D eigenvalue weighted by atomic mass is 79.9. The number of aliphatic hydroxyl groups excluding tert-OH is 1. The van der Waals surface area contributed by atoms with Gasteiger partial charge < -0.3 is 15.4 Å². The van der Waals surface area contributed by atoms with Gasteiger partial charge in [-0.25, -0.2) is 0 Å². The second-order valence-electron chi connectivity index (χ2n) is 5.24. The van der Waals surface area contributed by atoms with Crippen molar-refractivity contribution < 1.29 is 9.90 Å². The standard InChI is InChI=1S/C17H21BrN2O2/c1-3-14-16(12-5-7-13(18)8-6-12)15(17(19)22)11(2)20(14)9-4-10-21/h5-8,21H,3-4,9-10H2,1-2H3,(H2,19,22). The fourth-order valence-electron chi connectivity index (χ4n) is 2.93. The maximum atomic E-state index is 12.0. The van der Waals surface area contributed by atoms with E-state index in [4.69, 9.17) is 10.8 Å². The minimum atomic E-state index is -0.409. The number of carbonyl (C=O) groups is 1. The molecule has 5 heteroatoms. The third kappa shape index (κ3) is 3.10. The van der Waals surface area contributed by atoms with E-state index in [-0.39, 0.29) is 6.61 Å². The van der Waals surface area contributed by atoms with Crippen molar-refractivity contribution in [2.24, 2.45) is 5.73 Å². The molecule has 1 aromatic carbocycles. The van der Waals surface area contributed by atoms with Gasteiger partial charge in [-0.1, -0.05) is 35.0 Å². The first-order valence-corrected chi connectivity index (χ1v) is 8.19. The predicted molar refractivity (Wildman–Crippen MR) is 91.9 cm³/mol. The number of amides is 1. The van der Waals surface area contributed by atoms with E-state index in [9.17, 15) is 4.79 Å². The van der Waals surface area contributed by atoms with E-state index in [1.54, 1.807) is 0 Å². The predicted octanol–water partition coefficient (Wildman–Crippen LogP) is 3.27. The SMILES string of the molecule is CCc1c(-c2ccc(Br)cc2)c(C(N)=O)c(C)n1CCCO. The number of hydrogen-bond donors (Lipinski definition) is 2. The molecule has 0 aliphatic rings. The monoisotopic (exact) mass is 364 g/mol. The molecule has 118 valence electrons. The van der Waals surface area contributed by atoms with Gasteiger partial charge in [0.15, 0.2) is 0 Å². The Kier molecular flexibility index (Phi) is 5.42. The molecule has 0 aliphatic carbocycles. The van der Waals surface area contributed by atoms with Gasteiger partial charge in [0.2, 0.25) is 0 Å². The molecule has 0 bridgehead atoms. The Bertz CT molecular complexity index is 675. The van der Waals surface area contributed by atoms with Gasteiger partial charge >= 0.3 is 0 Å². The second kappa shape index (κ2) is 7.11. The Morgan fingerprint density at radius 2 is 1.95 bits per heavy atom. The lowest BCUT2D eigenvalue weighted by Gasteiger charge is -2.11. The van der Waals surface area contributed by atoms with Crippen LogP contribution in [0, 0.1) is 6.92 Å². The largest absolute Gasteiger partial charge is 0.396 e. The first-order chi connectivity index (χ1) is 10.5. The Labute approximate surface area is 139 Å². The molecule has 4 nitrogen and oxygen atoms in total. The lowest BCUT2D eigenvalue weighted by molar-refractivity contribution is 0.1000. The van der Waals surface area contributed by atoms with Gasteiger partial charge in [-0.05, 0) is 37.5 Å². The quantitative estimate of drug-likeness (QED) is 0.825. The van der Waals surface area contributed by atoms with Gasteiger partial charge in [0.25, 0.3) is 5.91 Å². The van der Waals surface area contributed by atoms with E-state index < -0.39 is 5.91 Å². The van der Waals surface area contributed by atoms with Crippen LogP contribution in [0.5, 0.6) is 0 Å². The van der Waals surface area contributed by atoms with Crippen molar-refractivity contribution in [2.45, 2.75) is 33.2 Å². The Morgan fingerprint density at radius 1 is 1.32 bits per heavy atom. The van der Waals surface area contributed by atoms with E-state index in [1.807, 2.05) is 31.2 Å². The number of aromatic nitrogens is 1. The summed E-state index contributed by atoms with van der Waals surface area (Å²) in [5.41, 5.74) is 10.1. The molecular weight excluding hydrogens is 344 g/mol. The highest BCUT2D eigenvalue weighted by Gasteiger charge is 2.23. The minimum Gasteiger partial charge on any atom is -0.396 e. The molecule has 3 N–H and O–H groups in total. The summed E-state index contributed by atoms with van der Waals surface area (Å²) in [7, 11) is 0. The molecule has 1 amide bonds. The van der Waals surface area contributed by atoms with E-state index in [1.165, 1.54) is 0 Å². The molecule has 0 aliphatic heterocycles. The van der Waals surface area contributed by atoms with Crippen LogP contribution in [0.2, 0.25) is 0 Å². The van der Waals surface area contributed by atoms with Crippen molar-refractivity contribution in [2.75, 3.05) is 6.61 Å². The Balaban J connectivity index is 2.69. The van der Waals surface area contributed by atoms with Crippen molar-refractivity contribution in [3.8, 4) is 11.1 Å². The number of rotatable bonds is 6. The van der Waals surface area contributed by atoms with Gasteiger partial charge in [0, 0.05) is 34.6 Å². The Morgan fingerprint density at radius 3 is 2.45 bits per heavy atom. The van der Waals surface area contributed by atoms with Crippen LogP contribution in [0.4, 0.5) is 0 Å². The van der Waals surface area contributed by atoms with Crippen LogP contribution in [0.3, 0.4) is 0 Å². The molecule has 2 aromatic rings. The first kappa shape index (κ1) is 16.8. The van der Waals surface area contributed by atoms with Crippen LogP contribution >= 0.6 is 15.9 Å². The molecule has 0 unspecified atom stereocenters. The minimum absolute atomic E-state index is 0.125. The van der Waals surface area contributed by atoms with Crippen molar-refractivity contribution in [3.05, 3.63) is 45.7 Å². The van der Waals surface area contributed by atoms with Gasteiger partial charge in [0.1, 0.15) is 0 Å². The molecule has 0 atom stereocenters. The van der Waals surface area contributed by atoms with Gasteiger partial charge in [-0.15, -0.1) is 0 Å². The van der Waals surface area contributed by atoms with Crippen molar-refractivity contribution in [1.82, 2.24) is 4.57 Å². The lowest BCUT2D eigenvalue weighted by atomic mass is 9.99. The number of nitrogens with zero attached hydrogens (tertiary/aromatic N) is 1. The zero-order valence-corrected chi connectivity index (χ0v) is 14.5. The van der Waals surface area contributed by atoms with E-state index in [0.717, 1.165) is 33.4 Å². The van der Waals surface area contributed by atoms with Crippen LogP contribution in [-0.4, -0.2) is 22.2 Å². The summed E-state index contributed by atoms with van der Waals surface area (Å²) in [6.45, 7) is 4.79. The highest BCUT2D eigenvalue weighted by Crippen LogP contribution is 2.34. The number of benzene rings is 1. The lowest BCUT2D eigenvalue weighted by Crippen LogP contribution is -2.13. The summed E-state index contributed by atoms with van der Waals surface area (Å²) in [5.74, 6) is -0.409. The number of nitrogens with two attached hydrogens (primary N) is 1. The zero-order valence-electron chi connectivity index (χ0n) is 12.9. The molecule has 1 aromatic heterocycles. The van der Waals surface area contributed by atoms with Crippen molar-refractivity contribution in [3.63, 3.8) is 0 Å². The van der Waals surface area contributed by atoms with Gasteiger partial charge in [-0.3, -0.25) is 4.79 Å². The second-order valence-corrected chi connectivity index (χ2v) is 6.15. The topological polar surface area (TPSA) is 68.2 Å². The van der Waals surface area contributed by atoms with Crippen LogP contribution < -0.4 is 5.73 Å². The van der Waals surface area contributed by atoms with E-state index >= 15 is 0 Å². The van der Waals surface area contributed by atoms with Gasteiger partial charge in [-0.2, -0.15) is 0 Å². The first-order valence-electron chi connectivity index (χ1n) is 7.39. The van der Waals surface area contributed by atoms with Crippen molar-refractivity contribution >= 4 is 21.8 Å². The number of aliphatic hydroxyl groups is 1. The average Bonchev–Trinajstić information content (AvgIpc) is 2.78. The third-order valence-electron chi connectivity index (χ3n) is 3.89. The van der Waals surface area contributed by atoms with Crippen LogP contribution in [0.25, 0.3) is 11.1 Å². The maximum Gasteiger partial charge on any atom is 0.251 e. The molecule has 0 saturated carbocycles. The molecule has 22 heavy (non-hydrogen) atoms. The highest BCUT2D eigenvalue weighted by molar-refractivity contribution is 9.10. The summed E-state index contributed by atoms with van der Waals surface area (Å²) in [5, 5.41) is 9.10. The van der Waals surface area contributed by atoms with E-state index in [0.29, 0.717) is 18.5 Å². The van der Waals surface area contributed by atoms with E-state index in [2.05, 4.69) is 27.4 Å². The number of primary amides is 1. The summed E-state index contributed by atoms with van der Waals surface area (Å²) in [6.07, 6.45) is 1.45. The molecular formula is C17H21BrN2O2. The fraction of sp³-hybridized carbons (Fsp3) is 0.353. The van der Waals surface area contributed by atoms with Gasteiger partial charge in [0.05, 0.1) is 5.56 Å². The van der Waals surface area contributed by atoms with Crippen LogP contribution in [0.15, 0.2) is 28.7 Å². The number of halogens is 1. The van der Waals surface area contributed by atoms with Crippen LogP contribution in [-0.2, 0) is 13.0 Å². The summed E-state index contributed by atoms with van der Waals surface area (Å²) >= 11 is 3.43. The van der Waals surface area contributed by atoms with Crippen LogP contribution in [0.1, 0.15) is 35.1 Å². The maximum absolute atomic E-state index is 12.0. The zero-order chi connectivity index (χ0) is 16.3. The molecule has 0 fully saturated rings.